The summed E-state index contributed by atoms with van der Waals surface area (Å²) >= 11 is 0. The quantitative estimate of drug-likeness (QED) is 0.766. The van der Waals surface area contributed by atoms with Gasteiger partial charge in [-0.15, -0.1) is 0 Å². The predicted octanol–water partition coefficient (Wildman–Crippen LogP) is 4.44. The highest BCUT2D eigenvalue weighted by Gasteiger charge is 2.38. The number of allylic oxidation sites excluding steroid dienone is 2. The highest BCUT2D eigenvalue weighted by atomic mass is 19.4. The van der Waals surface area contributed by atoms with E-state index < -0.39 is 11.9 Å². The van der Waals surface area contributed by atoms with Crippen LogP contribution in [0.25, 0.3) is 5.57 Å². The number of hydrogen-bond acceptors (Lipinski definition) is 1. The summed E-state index contributed by atoms with van der Waals surface area (Å²) in [6.07, 6.45) is 2.66. The zero-order valence-electron chi connectivity index (χ0n) is 10.6. The third kappa shape index (κ3) is 2.60. The van der Waals surface area contributed by atoms with Gasteiger partial charge in [0.05, 0.1) is 0 Å². The van der Waals surface area contributed by atoms with Crippen LogP contribution in [0.3, 0.4) is 0 Å². The summed E-state index contributed by atoms with van der Waals surface area (Å²) in [7, 11) is 0. The van der Waals surface area contributed by atoms with Crippen molar-refractivity contribution in [1.29, 1.82) is 0 Å². The van der Waals surface area contributed by atoms with Gasteiger partial charge < -0.3 is 0 Å². The lowest BCUT2D eigenvalue weighted by atomic mass is 9.94. The fourth-order valence-electron chi connectivity index (χ4n) is 2.18. The number of rotatable bonds is 2. The van der Waals surface area contributed by atoms with E-state index in [9.17, 15) is 13.2 Å². The van der Waals surface area contributed by atoms with Crippen LogP contribution in [0.15, 0.2) is 12.3 Å². The third-order valence-corrected chi connectivity index (χ3v) is 3.17. The first-order valence-corrected chi connectivity index (χ1v) is 6.25. The highest BCUT2D eigenvalue weighted by Crippen LogP contribution is 2.37. The van der Waals surface area contributed by atoms with Crippen molar-refractivity contribution >= 4 is 5.57 Å². The van der Waals surface area contributed by atoms with E-state index in [4.69, 9.17) is 0 Å². The van der Waals surface area contributed by atoms with E-state index >= 15 is 0 Å². The Morgan fingerprint density at radius 1 is 1.28 bits per heavy atom. The molecule has 5 heteroatoms. The average Bonchev–Trinajstić information content (AvgIpc) is 2.74. The Morgan fingerprint density at radius 3 is 2.50 bits per heavy atom. The molecule has 0 N–H and O–H groups in total. The van der Waals surface area contributed by atoms with Gasteiger partial charge in [-0.2, -0.15) is 18.3 Å². The minimum absolute atomic E-state index is 0.0657. The second-order valence-corrected chi connectivity index (χ2v) is 4.94. The molecular formula is C13H17F3N2. The van der Waals surface area contributed by atoms with Gasteiger partial charge in [0, 0.05) is 17.8 Å². The van der Waals surface area contributed by atoms with Gasteiger partial charge in [0.2, 0.25) is 0 Å². The van der Waals surface area contributed by atoms with Gasteiger partial charge in [0.25, 0.3) is 0 Å². The van der Waals surface area contributed by atoms with Gasteiger partial charge in [-0.3, -0.25) is 4.68 Å². The first kappa shape index (κ1) is 13.2. The van der Waals surface area contributed by atoms with Crippen molar-refractivity contribution in [2.45, 2.75) is 51.7 Å². The molecule has 0 unspecified atom stereocenters. The second-order valence-electron chi connectivity index (χ2n) is 4.94. The zero-order valence-corrected chi connectivity index (χ0v) is 10.6. The molecule has 1 aromatic rings. The molecule has 0 atom stereocenters. The molecule has 0 fully saturated rings. The summed E-state index contributed by atoms with van der Waals surface area (Å²) in [5, 5.41) is 3.71. The summed E-state index contributed by atoms with van der Waals surface area (Å²) < 4.78 is 40.3. The molecule has 0 aliphatic heterocycles. The van der Waals surface area contributed by atoms with Crippen molar-refractivity contribution in [2.75, 3.05) is 0 Å². The number of halogens is 3. The lowest BCUT2D eigenvalue weighted by molar-refractivity contribution is -0.141. The predicted molar refractivity (Wildman–Crippen MR) is 64.1 cm³/mol. The molecule has 1 aromatic heterocycles. The number of nitrogens with zero attached hydrogens (tertiary/aromatic N) is 2. The number of aromatic nitrogens is 2. The van der Waals surface area contributed by atoms with Crippen LogP contribution in [-0.2, 0) is 6.18 Å². The zero-order chi connectivity index (χ0) is 13.3. The lowest BCUT2D eigenvalue weighted by Gasteiger charge is -2.13. The minimum Gasteiger partial charge on any atom is -0.269 e. The maximum Gasteiger partial charge on any atom is 0.435 e. The monoisotopic (exact) mass is 258 g/mol. The van der Waals surface area contributed by atoms with Gasteiger partial charge in [-0.1, -0.05) is 6.08 Å². The molecular weight excluding hydrogens is 241 g/mol. The molecule has 0 spiro atoms. The third-order valence-electron chi connectivity index (χ3n) is 3.17. The van der Waals surface area contributed by atoms with Crippen molar-refractivity contribution in [2.24, 2.45) is 0 Å². The van der Waals surface area contributed by atoms with Crippen LogP contribution < -0.4 is 0 Å². The van der Waals surface area contributed by atoms with Crippen molar-refractivity contribution in [1.82, 2.24) is 9.78 Å². The van der Waals surface area contributed by atoms with Crippen LogP contribution in [0, 0.1) is 0 Å². The summed E-state index contributed by atoms with van der Waals surface area (Å²) in [6, 6.07) is -0.0657. The molecule has 0 saturated carbocycles. The van der Waals surface area contributed by atoms with E-state index in [2.05, 4.69) is 5.10 Å². The maximum absolute atomic E-state index is 13.0. The molecule has 0 bridgehead atoms. The van der Waals surface area contributed by atoms with Crippen molar-refractivity contribution in [3.8, 4) is 0 Å². The summed E-state index contributed by atoms with van der Waals surface area (Å²) in [4.78, 5) is 0. The van der Waals surface area contributed by atoms with E-state index in [1.54, 1.807) is 0 Å². The Hall–Kier alpha value is -1.26. The molecule has 2 rings (SSSR count). The van der Waals surface area contributed by atoms with Gasteiger partial charge in [-0.25, -0.2) is 0 Å². The van der Waals surface area contributed by atoms with E-state index in [0.29, 0.717) is 6.42 Å². The van der Waals surface area contributed by atoms with Crippen molar-refractivity contribution in [3.05, 3.63) is 23.5 Å². The molecule has 2 nitrogen and oxygen atoms in total. The molecule has 18 heavy (non-hydrogen) atoms. The minimum atomic E-state index is -4.38. The van der Waals surface area contributed by atoms with Gasteiger partial charge in [0.15, 0.2) is 5.69 Å². The largest absolute Gasteiger partial charge is 0.435 e. The van der Waals surface area contributed by atoms with Gasteiger partial charge in [0.1, 0.15) is 0 Å². The molecule has 1 aliphatic carbocycles. The molecule has 1 aliphatic rings. The highest BCUT2D eigenvalue weighted by molar-refractivity contribution is 5.67. The van der Waals surface area contributed by atoms with E-state index in [0.717, 1.165) is 24.8 Å². The van der Waals surface area contributed by atoms with E-state index in [-0.39, 0.29) is 11.6 Å². The van der Waals surface area contributed by atoms with Crippen LogP contribution in [0.2, 0.25) is 0 Å². The van der Waals surface area contributed by atoms with Crippen molar-refractivity contribution < 1.29 is 13.2 Å². The second kappa shape index (κ2) is 4.78. The van der Waals surface area contributed by atoms with E-state index in [1.165, 1.54) is 10.9 Å². The van der Waals surface area contributed by atoms with Crippen molar-refractivity contribution in [3.63, 3.8) is 0 Å². The molecule has 0 aromatic carbocycles. The molecule has 0 radical (unpaired) electrons. The molecule has 0 amide bonds. The Kier molecular flexibility index (Phi) is 3.50. The van der Waals surface area contributed by atoms with Crippen LogP contribution in [0.5, 0.6) is 0 Å². The van der Waals surface area contributed by atoms with Gasteiger partial charge in [-0.05, 0) is 45.1 Å². The summed E-state index contributed by atoms with van der Waals surface area (Å²) in [6.45, 7) is 3.65. The SMILES string of the molecule is CC(C)n1cc(C2=CCCCC2)c(C(F)(F)F)n1. The Morgan fingerprint density at radius 2 is 2.00 bits per heavy atom. The number of hydrogen-bond donors (Lipinski definition) is 0. The summed E-state index contributed by atoms with van der Waals surface area (Å²) in [5.74, 6) is 0. The molecule has 1 heterocycles. The summed E-state index contributed by atoms with van der Waals surface area (Å²) in [5.41, 5.74) is 0.306. The van der Waals surface area contributed by atoms with Gasteiger partial charge >= 0.3 is 6.18 Å². The topological polar surface area (TPSA) is 17.8 Å². The number of alkyl halides is 3. The maximum atomic E-state index is 13.0. The van der Waals surface area contributed by atoms with E-state index in [1.807, 2.05) is 19.9 Å². The molecule has 0 saturated heterocycles. The fourth-order valence-corrected chi connectivity index (χ4v) is 2.18. The van der Waals surface area contributed by atoms with Crippen LogP contribution in [0.4, 0.5) is 13.2 Å². The van der Waals surface area contributed by atoms with Crippen LogP contribution in [-0.4, -0.2) is 9.78 Å². The normalized spacial score (nSPS) is 17.1. The molecule has 100 valence electrons. The first-order valence-electron chi connectivity index (χ1n) is 6.25. The average molecular weight is 258 g/mol. The van der Waals surface area contributed by atoms with Crippen LogP contribution in [0.1, 0.15) is 56.8 Å². The Balaban J connectivity index is 2.47. The lowest BCUT2D eigenvalue weighted by Crippen LogP contribution is -2.10. The Labute approximate surface area is 104 Å². The standard InChI is InChI=1S/C13H17F3N2/c1-9(2)18-8-11(10-6-4-3-5-7-10)12(17-18)13(14,15)16/h6,8-9H,3-5,7H2,1-2H3. The first-order chi connectivity index (χ1) is 8.39. The van der Waals surface area contributed by atoms with Crippen LogP contribution >= 0.6 is 0 Å². The smallest absolute Gasteiger partial charge is 0.269 e. The Bertz CT molecular complexity index is 455. The fraction of sp³-hybridized carbons (Fsp3) is 0.615.